The lowest BCUT2D eigenvalue weighted by molar-refractivity contribution is 0.438. The van der Waals surface area contributed by atoms with Crippen LogP contribution in [0.25, 0.3) is 0 Å². The molecule has 0 fully saturated rings. The predicted molar refractivity (Wildman–Crippen MR) is 90.4 cm³/mol. The molecule has 3 rings (SSSR count). The largest absolute Gasteiger partial charge is 0.276 e. The maximum Gasteiger partial charge on any atom is 0.276 e. The molecule has 0 spiro atoms. The van der Waals surface area contributed by atoms with Crippen molar-refractivity contribution in [2.24, 2.45) is 4.36 Å². The zero-order valence-electron chi connectivity index (χ0n) is 12.9. The van der Waals surface area contributed by atoms with E-state index in [1.165, 1.54) is 4.31 Å². The van der Waals surface area contributed by atoms with Crippen LogP contribution in [0.15, 0.2) is 40.9 Å². The third kappa shape index (κ3) is 3.39. The summed E-state index contributed by atoms with van der Waals surface area (Å²) in [6.07, 6.45) is 1.64. The zero-order valence-corrected chi connectivity index (χ0v) is 14.4. The Labute approximate surface area is 140 Å². The SMILES string of the molecule is CC(C)c1ccc(N=S(=O)(F)N2Cc3cccnc3C2)cc1Cl. The molecule has 1 aliphatic rings. The molecule has 0 aliphatic carbocycles. The van der Waals surface area contributed by atoms with Gasteiger partial charge in [-0.15, -0.1) is 3.89 Å². The fourth-order valence-corrected chi connectivity index (χ4v) is 4.02. The summed E-state index contributed by atoms with van der Waals surface area (Å²) in [4.78, 5) is 4.18. The van der Waals surface area contributed by atoms with Gasteiger partial charge in [-0.25, -0.2) is 0 Å². The van der Waals surface area contributed by atoms with Crippen LogP contribution in [0.1, 0.15) is 36.6 Å². The first kappa shape index (κ1) is 16.4. The van der Waals surface area contributed by atoms with Crippen molar-refractivity contribution in [1.29, 1.82) is 0 Å². The van der Waals surface area contributed by atoms with Crippen molar-refractivity contribution in [2.45, 2.75) is 32.9 Å². The van der Waals surface area contributed by atoms with E-state index in [9.17, 15) is 8.09 Å². The standard InChI is InChI=1S/C16H17ClFN3OS/c1-11(2)14-6-5-13(8-15(14)17)20-23(18,22)21-9-12-4-3-7-19-16(12)10-21/h3-8,11H,9-10H2,1-2H3. The van der Waals surface area contributed by atoms with Gasteiger partial charge in [0.05, 0.1) is 17.9 Å². The van der Waals surface area contributed by atoms with Gasteiger partial charge in [-0.2, -0.15) is 12.9 Å². The van der Waals surface area contributed by atoms with E-state index in [-0.39, 0.29) is 24.7 Å². The van der Waals surface area contributed by atoms with Crippen LogP contribution in [0, 0.1) is 0 Å². The molecule has 2 aromatic rings. The second-order valence-electron chi connectivity index (χ2n) is 5.79. The van der Waals surface area contributed by atoms with Gasteiger partial charge in [0.25, 0.3) is 10.3 Å². The lowest BCUT2D eigenvalue weighted by atomic mass is 10.0. The molecular formula is C16H17ClFN3OS. The minimum Gasteiger partial charge on any atom is -0.260 e. The number of benzene rings is 1. The normalized spacial score (nSPS) is 17.1. The Bertz CT molecular complexity index is 837. The van der Waals surface area contributed by atoms with Crippen molar-refractivity contribution in [1.82, 2.24) is 9.29 Å². The van der Waals surface area contributed by atoms with Crippen molar-refractivity contribution >= 4 is 27.6 Å². The number of pyridine rings is 1. The van der Waals surface area contributed by atoms with Crippen LogP contribution in [0.3, 0.4) is 0 Å². The smallest absolute Gasteiger partial charge is 0.260 e. The molecule has 7 heteroatoms. The highest BCUT2D eigenvalue weighted by molar-refractivity contribution is 7.86. The molecule has 0 bridgehead atoms. The number of hydrogen-bond acceptors (Lipinski definition) is 3. The van der Waals surface area contributed by atoms with E-state index in [1.807, 2.05) is 19.9 Å². The summed E-state index contributed by atoms with van der Waals surface area (Å²) in [5, 5.41) is 0.503. The molecular weight excluding hydrogens is 337 g/mol. The lowest BCUT2D eigenvalue weighted by Gasteiger charge is -2.13. The van der Waals surface area contributed by atoms with Gasteiger partial charge in [0, 0.05) is 17.8 Å². The van der Waals surface area contributed by atoms with Gasteiger partial charge in [-0.1, -0.05) is 37.6 Å². The first-order valence-corrected chi connectivity index (χ1v) is 9.06. The van der Waals surface area contributed by atoms with Crippen molar-refractivity contribution in [3.8, 4) is 0 Å². The molecule has 0 saturated heterocycles. The molecule has 0 amide bonds. The Hall–Kier alpha value is -1.50. The van der Waals surface area contributed by atoms with Crippen LogP contribution in [0.5, 0.6) is 0 Å². The lowest BCUT2D eigenvalue weighted by Crippen LogP contribution is -2.21. The van der Waals surface area contributed by atoms with Gasteiger partial charge >= 0.3 is 0 Å². The number of halogens is 2. The summed E-state index contributed by atoms with van der Waals surface area (Å²) in [6.45, 7) is 4.46. The van der Waals surface area contributed by atoms with Crippen molar-refractivity contribution in [3.05, 3.63) is 58.4 Å². The Morgan fingerprint density at radius 1 is 1.35 bits per heavy atom. The van der Waals surface area contributed by atoms with Crippen LogP contribution in [0.4, 0.5) is 9.57 Å². The van der Waals surface area contributed by atoms with Gasteiger partial charge in [0.15, 0.2) is 0 Å². The minimum absolute atomic E-state index is 0.187. The highest BCUT2D eigenvalue weighted by Gasteiger charge is 2.28. The summed E-state index contributed by atoms with van der Waals surface area (Å²) in [5.74, 6) is 0.255. The van der Waals surface area contributed by atoms with Crippen LogP contribution >= 0.6 is 11.6 Å². The maximum atomic E-state index is 14.7. The summed E-state index contributed by atoms with van der Waals surface area (Å²) in [6, 6.07) is 8.62. The predicted octanol–water partition coefficient (Wildman–Crippen LogP) is 4.77. The minimum atomic E-state index is -4.02. The molecule has 1 aromatic carbocycles. The first-order valence-electron chi connectivity index (χ1n) is 7.31. The van der Waals surface area contributed by atoms with Crippen LogP contribution in [-0.2, 0) is 23.4 Å². The third-order valence-electron chi connectivity index (χ3n) is 3.80. The van der Waals surface area contributed by atoms with Gasteiger partial charge in [-0.3, -0.25) is 4.98 Å². The number of hydrogen-bond donors (Lipinski definition) is 0. The molecule has 2 heterocycles. The second kappa shape index (κ2) is 6.19. The summed E-state index contributed by atoms with van der Waals surface area (Å²) in [7, 11) is -4.02. The van der Waals surface area contributed by atoms with E-state index in [4.69, 9.17) is 11.6 Å². The maximum absolute atomic E-state index is 14.7. The summed E-state index contributed by atoms with van der Waals surface area (Å²) in [5.41, 5.74) is 2.84. The van der Waals surface area contributed by atoms with Crippen molar-refractivity contribution in [2.75, 3.05) is 0 Å². The molecule has 1 atom stereocenters. The van der Waals surface area contributed by atoms with Crippen molar-refractivity contribution in [3.63, 3.8) is 0 Å². The molecule has 1 aromatic heterocycles. The van der Waals surface area contributed by atoms with E-state index in [0.29, 0.717) is 5.02 Å². The van der Waals surface area contributed by atoms with Gasteiger partial charge in [0.2, 0.25) is 0 Å². The van der Waals surface area contributed by atoms with E-state index < -0.39 is 10.3 Å². The highest BCUT2D eigenvalue weighted by atomic mass is 35.5. The number of aromatic nitrogens is 1. The second-order valence-corrected chi connectivity index (χ2v) is 7.76. The quantitative estimate of drug-likeness (QED) is 0.746. The van der Waals surface area contributed by atoms with Crippen LogP contribution in [0.2, 0.25) is 5.02 Å². The van der Waals surface area contributed by atoms with E-state index in [1.54, 1.807) is 30.5 Å². The molecule has 4 nitrogen and oxygen atoms in total. The zero-order chi connectivity index (χ0) is 16.6. The number of rotatable bonds is 3. The van der Waals surface area contributed by atoms with Crippen LogP contribution in [-0.4, -0.2) is 13.5 Å². The Morgan fingerprint density at radius 3 is 2.78 bits per heavy atom. The first-order chi connectivity index (χ1) is 10.9. The molecule has 0 saturated carbocycles. The third-order valence-corrected chi connectivity index (χ3v) is 5.46. The van der Waals surface area contributed by atoms with E-state index in [2.05, 4.69) is 9.35 Å². The van der Waals surface area contributed by atoms with E-state index in [0.717, 1.165) is 16.8 Å². The monoisotopic (exact) mass is 353 g/mol. The van der Waals surface area contributed by atoms with E-state index >= 15 is 0 Å². The molecule has 1 aliphatic heterocycles. The van der Waals surface area contributed by atoms with Gasteiger partial charge in [0.1, 0.15) is 0 Å². The molecule has 23 heavy (non-hydrogen) atoms. The highest BCUT2D eigenvalue weighted by Crippen LogP contribution is 2.31. The Morgan fingerprint density at radius 2 is 2.13 bits per heavy atom. The average molecular weight is 354 g/mol. The topological polar surface area (TPSA) is 45.6 Å². The molecule has 1 unspecified atom stereocenters. The van der Waals surface area contributed by atoms with Gasteiger partial charge < -0.3 is 0 Å². The fraction of sp³-hybridized carbons (Fsp3) is 0.312. The van der Waals surface area contributed by atoms with Crippen molar-refractivity contribution < 1.29 is 8.09 Å². The summed E-state index contributed by atoms with van der Waals surface area (Å²) < 4.78 is 32.0. The fourth-order valence-electron chi connectivity index (χ4n) is 2.56. The molecule has 0 radical (unpaired) electrons. The number of fused-ring (bicyclic) bond motifs is 1. The molecule has 122 valence electrons. The number of nitrogens with zero attached hydrogens (tertiary/aromatic N) is 3. The molecule has 0 N–H and O–H groups in total. The van der Waals surface area contributed by atoms with Crippen LogP contribution < -0.4 is 0 Å². The van der Waals surface area contributed by atoms with Gasteiger partial charge in [-0.05, 0) is 35.2 Å². The summed E-state index contributed by atoms with van der Waals surface area (Å²) >= 11 is 6.19. The Balaban J connectivity index is 1.90. The average Bonchev–Trinajstić information content (AvgIpc) is 2.91. The Kier molecular flexibility index (Phi) is 4.40.